The third kappa shape index (κ3) is 2.53. The standard InChI is InChI=1S/C20H25FN2O/c1-3-14-10-13-4-6-17(14)23(12-13)9-8-15-11-22-16-5-7-18(24-2)20(21)19(15)16/h4-7,11,13-14,17,22H,3,8-10,12H2,1-2H3/t13-,14-,17+/m0/s1. The molecule has 128 valence electrons. The van der Waals surface area contributed by atoms with Crippen LogP contribution in [0.1, 0.15) is 25.3 Å². The molecule has 1 aromatic heterocycles. The van der Waals surface area contributed by atoms with Crippen LogP contribution in [0, 0.1) is 17.7 Å². The molecule has 1 aliphatic carbocycles. The lowest BCUT2D eigenvalue weighted by atomic mass is 9.76. The maximum atomic E-state index is 14.6. The van der Waals surface area contributed by atoms with Gasteiger partial charge in [0.05, 0.1) is 7.11 Å². The van der Waals surface area contributed by atoms with Gasteiger partial charge in [-0.15, -0.1) is 0 Å². The van der Waals surface area contributed by atoms with Gasteiger partial charge in [0.2, 0.25) is 0 Å². The Morgan fingerprint density at radius 1 is 1.33 bits per heavy atom. The van der Waals surface area contributed by atoms with Crippen LogP contribution in [0.15, 0.2) is 30.5 Å². The van der Waals surface area contributed by atoms with Crippen molar-refractivity contribution in [2.75, 3.05) is 20.2 Å². The third-order valence-corrected chi connectivity index (χ3v) is 5.80. The molecule has 2 bridgehead atoms. The Morgan fingerprint density at radius 2 is 2.21 bits per heavy atom. The average molecular weight is 328 g/mol. The van der Waals surface area contributed by atoms with Gasteiger partial charge in [-0.25, -0.2) is 4.39 Å². The molecule has 0 spiro atoms. The third-order valence-electron chi connectivity index (χ3n) is 5.80. The Labute approximate surface area is 142 Å². The molecule has 1 saturated heterocycles. The Morgan fingerprint density at radius 3 is 2.96 bits per heavy atom. The van der Waals surface area contributed by atoms with Crippen molar-refractivity contribution >= 4 is 10.9 Å². The van der Waals surface area contributed by atoms with Crippen LogP contribution in [-0.2, 0) is 6.42 Å². The number of aromatic nitrogens is 1. The Hall–Kier alpha value is -1.81. The number of benzene rings is 1. The van der Waals surface area contributed by atoms with Crippen LogP contribution in [0.5, 0.6) is 5.75 Å². The van der Waals surface area contributed by atoms with Crippen LogP contribution < -0.4 is 4.74 Å². The van der Waals surface area contributed by atoms with E-state index in [1.807, 2.05) is 12.3 Å². The van der Waals surface area contributed by atoms with Crippen LogP contribution in [0.25, 0.3) is 10.9 Å². The highest BCUT2D eigenvalue weighted by molar-refractivity contribution is 5.85. The fraction of sp³-hybridized carbons (Fsp3) is 0.500. The summed E-state index contributed by atoms with van der Waals surface area (Å²) in [5.41, 5.74) is 1.88. The summed E-state index contributed by atoms with van der Waals surface area (Å²) >= 11 is 0. The van der Waals surface area contributed by atoms with Crippen molar-refractivity contribution in [2.24, 2.45) is 11.8 Å². The van der Waals surface area contributed by atoms with Crippen molar-refractivity contribution in [2.45, 2.75) is 32.2 Å². The lowest BCUT2D eigenvalue weighted by Gasteiger charge is -2.46. The zero-order valence-corrected chi connectivity index (χ0v) is 14.4. The van der Waals surface area contributed by atoms with E-state index in [9.17, 15) is 4.39 Å². The maximum absolute atomic E-state index is 14.6. The van der Waals surface area contributed by atoms with Gasteiger partial charge in [-0.3, -0.25) is 4.90 Å². The van der Waals surface area contributed by atoms with Crippen molar-refractivity contribution in [3.8, 4) is 5.75 Å². The molecule has 0 saturated carbocycles. The number of methoxy groups -OCH3 is 1. The minimum atomic E-state index is -0.252. The fourth-order valence-corrected chi connectivity index (χ4v) is 4.51. The second kappa shape index (κ2) is 6.25. The van der Waals surface area contributed by atoms with Gasteiger partial charge < -0.3 is 9.72 Å². The largest absolute Gasteiger partial charge is 0.494 e. The van der Waals surface area contributed by atoms with Crippen molar-refractivity contribution in [1.29, 1.82) is 0 Å². The highest BCUT2D eigenvalue weighted by atomic mass is 19.1. The quantitative estimate of drug-likeness (QED) is 0.835. The second-order valence-corrected chi connectivity index (χ2v) is 7.10. The summed E-state index contributed by atoms with van der Waals surface area (Å²) in [6.45, 7) is 4.41. The number of piperidine rings is 1. The van der Waals surface area contributed by atoms with Crippen molar-refractivity contribution in [3.05, 3.63) is 41.9 Å². The summed E-state index contributed by atoms with van der Waals surface area (Å²) in [5, 5.41) is 0.680. The fourth-order valence-electron chi connectivity index (χ4n) is 4.51. The number of aromatic amines is 1. The molecule has 1 aromatic carbocycles. The lowest BCUT2D eigenvalue weighted by molar-refractivity contribution is 0.0826. The zero-order valence-electron chi connectivity index (χ0n) is 14.4. The molecule has 3 heterocycles. The van der Waals surface area contributed by atoms with Crippen molar-refractivity contribution < 1.29 is 9.13 Å². The maximum Gasteiger partial charge on any atom is 0.174 e. The first-order chi connectivity index (χ1) is 11.7. The van der Waals surface area contributed by atoms with Crippen LogP contribution in [0.2, 0.25) is 0 Å². The Bertz CT molecular complexity index is 766. The van der Waals surface area contributed by atoms with Gasteiger partial charge in [-0.1, -0.05) is 25.5 Å². The van der Waals surface area contributed by atoms with E-state index in [1.54, 1.807) is 6.07 Å². The molecular formula is C20H25FN2O. The highest BCUT2D eigenvalue weighted by Gasteiger charge is 2.36. The van der Waals surface area contributed by atoms with Gasteiger partial charge in [0.25, 0.3) is 0 Å². The van der Waals surface area contributed by atoms with E-state index in [-0.39, 0.29) is 5.82 Å². The van der Waals surface area contributed by atoms with Crippen LogP contribution in [0.4, 0.5) is 4.39 Å². The minimum absolute atomic E-state index is 0.252. The Kier molecular flexibility index (Phi) is 4.09. The smallest absolute Gasteiger partial charge is 0.174 e. The van der Waals surface area contributed by atoms with E-state index in [0.717, 1.165) is 36.5 Å². The number of halogens is 1. The number of rotatable bonds is 5. The summed E-state index contributed by atoms with van der Waals surface area (Å²) in [4.78, 5) is 5.78. The molecule has 2 aliphatic heterocycles. The van der Waals surface area contributed by atoms with Crippen molar-refractivity contribution in [3.63, 3.8) is 0 Å². The molecule has 24 heavy (non-hydrogen) atoms. The van der Waals surface area contributed by atoms with E-state index in [1.165, 1.54) is 20.0 Å². The molecule has 3 atom stereocenters. The first-order valence-electron chi connectivity index (χ1n) is 8.96. The molecule has 4 heteroatoms. The van der Waals surface area contributed by atoms with Gasteiger partial charge in [-0.2, -0.15) is 0 Å². The van der Waals surface area contributed by atoms with E-state index >= 15 is 0 Å². The van der Waals surface area contributed by atoms with Crippen LogP contribution in [-0.4, -0.2) is 36.1 Å². The van der Waals surface area contributed by atoms with Gasteiger partial charge in [0.1, 0.15) is 0 Å². The number of H-pyrrole nitrogens is 1. The van der Waals surface area contributed by atoms with E-state index in [4.69, 9.17) is 4.74 Å². The summed E-state index contributed by atoms with van der Waals surface area (Å²) < 4.78 is 19.8. The predicted molar refractivity (Wildman–Crippen MR) is 94.9 cm³/mol. The average Bonchev–Trinajstić information content (AvgIpc) is 3.04. The molecule has 0 radical (unpaired) electrons. The SMILES string of the molecule is CC[C@H]1C[C@@H]2C=C[C@H]1N(CCc1c[nH]c3ccc(OC)c(F)c13)C2. The number of hydrogen-bond acceptors (Lipinski definition) is 2. The monoisotopic (exact) mass is 328 g/mol. The number of hydrogen-bond donors (Lipinski definition) is 1. The second-order valence-electron chi connectivity index (χ2n) is 7.10. The lowest BCUT2D eigenvalue weighted by Crippen LogP contribution is -2.50. The summed E-state index contributed by atoms with van der Waals surface area (Å²) in [6, 6.07) is 4.13. The Balaban J connectivity index is 1.54. The molecule has 1 fully saturated rings. The summed E-state index contributed by atoms with van der Waals surface area (Å²) in [6.07, 6.45) is 10.2. The first kappa shape index (κ1) is 15.7. The zero-order chi connectivity index (χ0) is 16.7. The molecular weight excluding hydrogens is 303 g/mol. The molecule has 0 amide bonds. The predicted octanol–water partition coefficient (Wildman–Crippen LogP) is 4.14. The first-order valence-corrected chi connectivity index (χ1v) is 8.96. The molecule has 0 unspecified atom stereocenters. The van der Waals surface area contributed by atoms with E-state index in [2.05, 4.69) is 29.0 Å². The molecule has 5 rings (SSSR count). The minimum Gasteiger partial charge on any atom is -0.494 e. The topological polar surface area (TPSA) is 28.3 Å². The number of ether oxygens (including phenoxy) is 1. The molecule has 2 aromatic rings. The normalized spacial score (nSPS) is 26.4. The number of fused-ring (bicyclic) bond motifs is 3. The van der Waals surface area contributed by atoms with Crippen LogP contribution in [0.3, 0.4) is 0 Å². The van der Waals surface area contributed by atoms with Gasteiger partial charge in [0.15, 0.2) is 11.6 Å². The number of nitrogens with one attached hydrogen (secondary N) is 1. The van der Waals surface area contributed by atoms with Gasteiger partial charge >= 0.3 is 0 Å². The molecule has 3 nitrogen and oxygen atoms in total. The van der Waals surface area contributed by atoms with Gasteiger partial charge in [0, 0.05) is 36.2 Å². The summed E-state index contributed by atoms with van der Waals surface area (Å²) in [7, 11) is 1.51. The highest BCUT2D eigenvalue weighted by Crippen LogP contribution is 2.36. The molecule has 1 N–H and O–H groups in total. The van der Waals surface area contributed by atoms with Crippen LogP contribution >= 0.6 is 0 Å². The summed E-state index contributed by atoms with van der Waals surface area (Å²) in [5.74, 6) is 1.53. The molecule has 3 aliphatic rings. The van der Waals surface area contributed by atoms with E-state index in [0.29, 0.717) is 23.1 Å². The number of nitrogens with zero attached hydrogens (tertiary/aromatic N) is 1. The van der Waals surface area contributed by atoms with Gasteiger partial charge in [-0.05, 0) is 42.4 Å². The van der Waals surface area contributed by atoms with Crippen molar-refractivity contribution in [1.82, 2.24) is 9.88 Å². The van der Waals surface area contributed by atoms with E-state index < -0.39 is 0 Å².